The summed E-state index contributed by atoms with van der Waals surface area (Å²) >= 11 is 1.18. The summed E-state index contributed by atoms with van der Waals surface area (Å²) in [7, 11) is -3.53. The molecule has 0 radical (unpaired) electrons. The number of nitrogens with one attached hydrogen (secondary N) is 1. The molecule has 1 aromatic rings. The van der Waals surface area contributed by atoms with Crippen molar-refractivity contribution in [3.05, 3.63) is 11.1 Å². The van der Waals surface area contributed by atoms with Crippen LogP contribution >= 0.6 is 11.3 Å². The van der Waals surface area contributed by atoms with Gasteiger partial charge in [0.05, 0.1) is 11.8 Å². The molecule has 1 aromatic heterocycles. The minimum absolute atomic E-state index is 0.300. The maximum Gasteiger partial charge on any atom is 0.303 e. The molecule has 2 rings (SSSR count). The second-order valence-electron chi connectivity index (χ2n) is 4.97. The van der Waals surface area contributed by atoms with E-state index in [2.05, 4.69) is 16.6 Å². The molecule has 2 unspecified atom stereocenters. The molecule has 2 atom stereocenters. The summed E-state index contributed by atoms with van der Waals surface area (Å²) in [6, 6.07) is 0. The van der Waals surface area contributed by atoms with E-state index in [1.807, 2.05) is 0 Å². The molecule has 1 aliphatic rings. The fourth-order valence-corrected chi connectivity index (χ4v) is 4.43. The Morgan fingerprint density at radius 3 is 2.95 bits per heavy atom. The molecule has 1 aliphatic heterocycles. The number of rotatable bonds is 4. The second kappa shape index (κ2) is 5.74. The van der Waals surface area contributed by atoms with Gasteiger partial charge in [0.1, 0.15) is 0 Å². The Morgan fingerprint density at radius 1 is 1.63 bits per heavy atom. The number of aromatic nitrogens is 1. The Morgan fingerprint density at radius 2 is 2.37 bits per heavy atom. The van der Waals surface area contributed by atoms with Crippen molar-refractivity contribution >= 4 is 26.7 Å². The van der Waals surface area contributed by atoms with Gasteiger partial charge in [0.25, 0.3) is 0 Å². The molecule has 0 aliphatic carbocycles. The molecule has 0 spiro atoms. The highest BCUT2D eigenvalue weighted by Gasteiger charge is 2.27. The summed E-state index contributed by atoms with van der Waals surface area (Å²) in [5.41, 5.74) is 0.481. The van der Waals surface area contributed by atoms with Gasteiger partial charge in [0.15, 0.2) is 5.13 Å². The molecule has 2 heterocycles. The van der Waals surface area contributed by atoms with Gasteiger partial charge in [-0.15, -0.1) is 11.3 Å². The molecule has 0 aromatic carbocycles. The van der Waals surface area contributed by atoms with Crippen LogP contribution < -0.4 is 4.72 Å². The zero-order valence-electron chi connectivity index (χ0n) is 11.0. The Labute approximate surface area is 117 Å². The number of nitrogens with zero attached hydrogens (tertiary/aromatic N) is 2. The summed E-state index contributed by atoms with van der Waals surface area (Å²) < 4.78 is 28.3. The predicted molar refractivity (Wildman–Crippen MR) is 75.3 cm³/mol. The van der Waals surface area contributed by atoms with Crippen LogP contribution in [0, 0.1) is 5.92 Å². The van der Waals surface area contributed by atoms with Gasteiger partial charge in [-0.1, -0.05) is 6.92 Å². The van der Waals surface area contributed by atoms with Gasteiger partial charge in [-0.05, 0) is 25.7 Å². The van der Waals surface area contributed by atoms with E-state index in [1.165, 1.54) is 15.6 Å². The molecule has 1 saturated heterocycles. The van der Waals surface area contributed by atoms with Crippen molar-refractivity contribution in [2.45, 2.75) is 32.8 Å². The molecule has 0 saturated carbocycles. The third-order valence-electron chi connectivity index (χ3n) is 3.13. The molecule has 19 heavy (non-hydrogen) atoms. The summed E-state index contributed by atoms with van der Waals surface area (Å²) in [5.74, 6) is 0.384. The Kier molecular flexibility index (Phi) is 4.44. The standard InChI is InChI=1S/C11H19N3O3S2/c1-8-4-3-5-14(6-8)19(16,17)13-11-12-10(7-18-11)9(2)15/h7-9,15H,3-6H2,1-2H3,(H,12,13). The lowest BCUT2D eigenvalue weighted by Gasteiger charge is -2.29. The van der Waals surface area contributed by atoms with E-state index < -0.39 is 16.3 Å². The van der Waals surface area contributed by atoms with Crippen molar-refractivity contribution in [2.75, 3.05) is 17.8 Å². The third kappa shape index (κ3) is 3.65. The third-order valence-corrected chi connectivity index (χ3v) is 5.49. The first kappa shape index (κ1) is 14.7. The second-order valence-corrected chi connectivity index (χ2v) is 7.49. The van der Waals surface area contributed by atoms with Crippen LogP contribution in [0.25, 0.3) is 0 Å². The van der Waals surface area contributed by atoms with Crippen molar-refractivity contribution in [3.63, 3.8) is 0 Å². The predicted octanol–water partition coefficient (Wildman–Crippen LogP) is 1.58. The highest BCUT2D eigenvalue weighted by molar-refractivity contribution is 7.90. The van der Waals surface area contributed by atoms with Crippen LogP contribution in [0.3, 0.4) is 0 Å². The first-order valence-electron chi connectivity index (χ1n) is 6.30. The van der Waals surface area contributed by atoms with Crippen molar-refractivity contribution in [2.24, 2.45) is 5.92 Å². The highest BCUT2D eigenvalue weighted by Crippen LogP contribution is 2.24. The molecule has 1 fully saturated rings. The minimum Gasteiger partial charge on any atom is -0.387 e. The topological polar surface area (TPSA) is 82.5 Å². The normalized spacial score (nSPS) is 23.2. The number of anilines is 1. The van der Waals surface area contributed by atoms with Gasteiger partial charge < -0.3 is 5.11 Å². The maximum absolute atomic E-state index is 12.2. The fraction of sp³-hybridized carbons (Fsp3) is 0.727. The van der Waals surface area contributed by atoms with Gasteiger partial charge in [-0.2, -0.15) is 12.7 Å². The largest absolute Gasteiger partial charge is 0.387 e. The van der Waals surface area contributed by atoms with Crippen molar-refractivity contribution in [1.29, 1.82) is 0 Å². The molecular weight excluding hydrogens is 286 g/mol. The van der Waals surface area contributed by atoms with Crippen molar-refractivity contribution < 1.29 is 13.5 Å². The minimum atomic E-state index is -3.53. The maximum atomic E-state index is 12.2. The lowest BCUT2D eigenvalue weighted by Crippen LogP contribution is -2.42. The fourth-order valence-electron chi connectivity index (χ4n) is 2.06. The molecule has 6 nitrogen and oxygen atoms in total. The zero-order valence-corrected chi connectivity index (χ0v) is 12.7. The number of hydrogen-bond donors (Lipinski definition) is 2. The average molecular weight is 305 g/mol. The highest BCUT2D eigenvalue weighted by atomic mass is 32.2. The van der Waals surface area contributed by atoms with Gasteiger partial charge >= 0.3 is 10.2 Å². The number of aliphatic hydroxyl groups is 1. The molecule has 108 valence electrons. The monoisotopic (exact) mass is 305 g/mol. The van der Waals surface area contributed by atoms with E-state index in [9.17, 15) is 13.5 Å². The van der Waals surface area contributed by atoms with Crippen LogP contribution in [0.15, 0.2) is 5.38 Å². The van der Waals surface area contributed by atoms with Crippen LogP contribution in [-0.4, -0.2) is 35.9 Å². The van der Waals surface area contributed by atoms with Gasteiger partial charge in [-0.25, -0.2) is 9.71 Å². The first-order valence-corrected chi connectivity index (χ1v) is 8.62. The van der Waals surface area contributed by atoms with Crippen LogP contribution in [0.5, 0.6) is 0 Å². The van der Waals surface area contributed by atoms with Crippen molar-refractivity contribution in [3.8, 4) is 0 Å². The quantitative estimate of drug-likeness (QED) is 0.885. The summed E-state index contributed by atoms with van der Waals surface area (Å²) in [6.07, 6.45) is 1.26. The Balaban J connectivity index is 2.07. The van der Waals surface area contributed by atoms with Crippen molar-refractivity contribution in [1.82, 2.24) is 9.29 Å². The van der Waals surface area contributed by atoms with Gasteiger partial charge in [0, 0.05) is 18.5 Å². The summed E-state index contributed by atoms with van der Waals surface area (Å²) in [6.45, 7) is 4.74. The smallest absolute Gasteiger partial charge is 0.303 e. The lowest BCUT2D eigenvalue weighted by atomic mass is 10.0. The number of thiazole rings is 1. The lowest BCUT2D eigenvalue weighted by molar-refractivity contribution is 0.195. The SMILES string of the molecule is CC1CCCN(S(=O)(=O)Nc2nc(C(C)O)cs2)C1. The zero-order chi connectivity index (χ0) is 14.0. The average Bonchev–Trinajstić information content (AvgIpc) is 2.77. The van der Waals surface area contributed by atoms with E-state index in [0.29, 0.717) is 29.8 Å². The number of hydrogen-bond acceptors (Lipinski definition) is 5. The van der Waals surface area contributed by atoms with E-state index in [4.69, 9.17) is 0 Å². The number of aliphatic hydroxyl groups excluding tert-OH is 1. The number of piperidine rings is 1. The first-order chi connectivity index (χ1) is 8.88. The molecule has 2 N–H and O–H groups in total. The van der Waals surface area contributed by atoms with E-state index >= 15 is 0 Å². The molecular formula is C11H19N3O3S2. The van der Waals surface area contributed by atoms with E-state index in [0.717, 1.165) is 12.8 Å². The molecule has 0 amide bonds. The van der Waals surface area contributed by atoms with Crippen LogP contribution in [0.1, 0.15) is 38.5 Å². The van der Waals surface area contributed by atoms with E-state index in [-0.39, 0.29) is 0 Å². The Hall–Kier alpha value is -0.700. The van der Waals surface area contributed by atoms with E-state index in [1.54, 1.807) is 12.3 Å². The summed E-state index contributed by atoms with van der Waals surface area (Å²) in [5, 5.41) is 11.3. The van der Waals surface area contributed by atoms with Gasteiger partial charge in [0.2, 0.25) is 0 Å². The molecule has 0 bridgehead atoms. The Bertz CT molecular complexity index is 527. The van der Waals surface area contributed by atoms with Gasteiger partial charge in [-0.3, -0.25) is 0 Å². The summed E-state index contributed by atoms with van der Waals surface area (Å²) in [4.78, 5) is 4.06. The van der Waals surface area contributed by atoms with Crippen LogP contribution in [-0.2, 0) is 10.2 Å². The molecule has 8 heteroatoms. The van der Waals surface area contributed by atoms with Crippen LogP contribution in [0.2, 0.25) is 0 Å². The van der Waals surface area contributed by atoms with Crippen LogP contribution in [0.4, 0.5) is 5.13 Å².